The van der Waals surface area contributed by atoms with Gasteiger partial charge in [-0.3, -0.25) is 4.99 Å². The number of halogens is 1. The number of imidazole rings is 1. The lowest BCUT2D eigenvalue weighted by Crippen LogP contribution is -2.33. The second-order valence-electron chi connectivity index (χ2n) is 6.65. The molecular formula is C22H30IN5O2. The van der Waals surface area contributed by atoms with E-state index in [-0.39, 0.29) is 24.0 Å². The van der Waals surface area contributed by atoms with Crippen molar-refractivity contribution in [1.29, 1.82) is 0 Å². The summed E-state index contributed by atoms with van der Waals surface area (Å²) in [6.45, 7) is 4.89. The largest absolute Gasteiger partial charge is 0.493 e. The molecule has 0 atom stereocenters. The smallest absolute Gasteiger partial charge is 0.195 e. The fourth-order valence-electron chi connectivity index (χ4n) is 3.14. The minimum atomic E-state index is 0. The molecule has 1 aromatic heterocycles. The third kappa shape index (κ3) is 6.60. The van der Waals surface area contributed by atoms with Crippen molar-refractivity contribution < 1.29 is 9.47 Å². The molecule has 0 fully saturated rings. The molecule has 1 heterocycles. The minimum absolute atomic E-state index is 0. The van der Waals surface area contributed by atoms with Crippen LogP contribution in [0.25, 0.3) is 11.0 Å². The maximum absolute atomic E-state index is 5.76. The van der Waals surface area contributed by atoms with Gasteiger partial charge in [0.25, 0.3) is 0 Å². The molecule has 7 nitrogen and oxygen atoms in total. The Morgan fingerprint density at radius 1 is 1.13 bits per heavy atom. The summed E-state index contributed by atoms with van der Waals surface area (Å²) < 4.78 is 13.0. The first-order valence-corrected chi connectivity index (χ1v) is 9.82. The van der Waals surface area contributed by atoms with Gasteiger partial charge in [-0.15, -0.1) is 24.0 Å². The highest BCUT2D eigenvalue weighted by Crippen LogP contribution is 2.18. The number of hydrogen-bond donors (Lipinski definition) is 2. The zero-order chi connectivity index (χ0) is 20.5. The number of nitrogens with one attached hydrogen (secondary N) is 2. The molecular weight excluding hydrogens is 493 g/mol. The van der Waals surface area contributed by atoms with Gasteiger partial charge in [-0.1, -0.05) is 18.2 Å². The van der Waals surface area contributed by atoms with E-state index in [9.17, 15) is 0 Å². The van der Waals surface area contributed by atoms with E-state index in [1.54, 1.807) is 14.2 Å². The molecule has 0 radical (unpaired) electrons. The molecule has 0 spiro atoms. The number of para-hydroxylation sites is 2. The minimum Gasteiger partial charge on any atom is -0.493 e. The van der Waals surface area contributed by atoms with Crippen molar-refractivity contribution in [3.8, 4) is 5.75 Å². The number of aliphatic imine (C=N–C) groups is 1. The summed E-state index contributed by atoms with van der Waals surface area (Å²) in [5, 5.41) is 6.67. The van der Waals surface area contributed by atoms with Crippen molar-refractivity contribution in [2.75, 3.05) is 39.2 Å². The number of nitrogens with zero attached hydrogens (tertiary/aromatic N) is 3. The maximum atomic E-state index is 5.76. The van der Waals surface area contributed by atoms with Gasteiger partial charge in [-0.25, -0.2) is 4.98 Å². The van der Waals surface area contributed by atoms with Gasteiger partial charge >= 0.3 is 0 Å². The Hall–Kier alpha value is -2.33. The zero-order valence-corrected chi connectivity index (χ0v) is 20.1. The van der Waals surface area contributed by atoms with E-state index in [0.29, 0.717) is 19.2 Å². The van der Waals surface area contributed by atoms with Crippen molar-refractivity contribution in [2.24, 2.45) is 4.99 Å². The quantitative estimate of drug-likeness (QED) is 0.192. The number of hydrogen-bond acceptors (Lipinski definition) is 4. The molecule has 0 amide bonds. The van der Waals surface area contributed by atoms with Gasteiger partial charge in [0.2, 0.25) is 0 Å². The average Bonchev–Trinajstić information content (AvgIpc) is 3.06. The highest BCUT2D eigenvalue weighted by molar-refractivity contribution is 14.0. The molecule has 0 unspecified atom stereocenters. The van der Waals surface area contributed by atoms with E-state index in [1.807, 2.05) is 49.4 Å². The summed E-state index contributed by atoms with van der Waals surface area (Å²) in [6, 6.07) is 16.0. The van der Waals surface area contributed by atoms with Crippen LogP contribution < -0.4 is 15.4 Å². The highest BCUT2D eigenvalue weighted by Gasteiger charge is 2.07. The molecule has 162 valence electrons. The van der Waals surface area contributed by atoms with E-state index in [1.165, 1.54) is 0 Å². The Balaban J connectivity index is 0.00000320. The van der Waals surface area contributed by atoms with E-state index >= 15 is 0 Å². The fraction of sp³-hybridized carbons (Fsp3) is 0.364. The molecule has 0 saturated carbocycles. The Kier molecular flexibility index (Phi) is 9.88. The second kappa shape index (κ2) is 12.4. The van der Waals surface area contributed by atoms with Crippen LogP contribution in [-0.4, -0.2) is 49.4 Å². The summed E-state index contributed by atoms with van der Waals surface area (Å²) in [5.41, 5.74) is 3.09. The number of anilines is 1. The maximum Gasteiger partial charge on any atom is 0.195 e. The van der Waals surface area contributed by atoms with Crippen LogP contribution in [0.2, 0.25) is 0 Å². The van der Waals surface area contributed by atoms with Gasteiger partial charge in [0, 0.05) is 52.0 Å². The van der Waals surface area contributed by atoms with Crippen molar-refractivity contribution in [3.05, 3.63) is 54.4 Å². The van der Waals surface area contributed by atoms with Gasteiger partial charge < -0.3 is 24.7 Å². The first-order chi connectivity index (χ1) is 14.2. The molecule has 0 aliphatic heterocycles. The third-order valence-electron chi connectivity index (χ3n) is 4.56. The van der Waals surface area contributed by atoms with E-state index in [4.69, 9.17) is 9.47 Å². The van der Waals surface area contributed by atoms with E-state index in [2.05, 4.69) is 31.2 Å². The van der Waals surface area contributed by atoms with Crippen LogP contribution in [0.1, 0.15) is 12.2 Å². The monoisotopic (exact) mass is 523 g/mol. The number of guanidine groups is 1. The number of methoxy groups -OCH3 is 1. The van der Waals surface area contributed by atoms with Crippen molar-refractivity contribution in [2.45, 2.75) is 19.9 Å². The predicted molar refractivity (Wildman–Crippen MR) is 133 cm³/mol. The first-order valence-electron chi connectivity index (χ1n) is 9.82. The van der Waals surface area contributed by atoms with Crippen LogP contribution in [0.3, 0.4) is 0 Å². The van der Waals surface area contributed by atoms with E-state index < -0.39 is 0 Å². The fourth-order valence-corrected chi connectivity index (χ4v) is 3.14. The predicted octanol–water partition coefficient (Wildman–Crippen LogP) is 4.07. The van der Waals surface area contributed by atoms with Crippen LogP contribution in [0.15, 0.2) is 53.5 Å². The van der Waals surface area contributed by atoms with Gasteiger partial charge in [0.1, 0.15) is 11.6 Å². The molecule has 2 N–H and O–H groups in total. The summed E-state index contributed by atoms with van der Waals surface area (Å²) >= 11 is 0. The number of benzene rings is 2. The SMILES string of the molecule is CN=C(NCCn1c(C)nc2ccccc21)Nc1cccc(OCCCOC)c1.I. The number of aromatic nitrogens is 2. The van der Waals surface area contributed by atoms with Gasteiger partial charge in [-0.05, 0) is 31.2 Å². The van der Waals surface area contributed by atoms with Gasteiger partial charge in [0.05, 0.1) is 17.6 Å². The highest BCUT2D eigenvalue weighted by atomic mass is 127. The topological polar surface area (TPSA) is 72.7 Å². The van der Waals surface area contributed by atoms with Crippen molar-refractivity contribution in [1.82, 2.24) is 14.9 Å². The number of aryl methyl sites for hydroxylation is 1. The summed E-state index contributed by atoms with van der Waals surface area (Å²) in [4.78, 5) is 8.93. The summed E-state index contributed by atoms with van der Waals surface area (Å²) in [6.07, 6.45) is 0.861. The molecule has 3 rings (SSSR count). The van der Waals surface area contributed by atoms with Crippen LogP contribution in [0.4, 0.5) is 5.69 Å². The van der Waals surface area contributed by atoms with Crippen LogP contribution in [0.5, 0.6) is 5.75 Å². The zero-order valence-electron chi connectivity index (χ0n) is 17.7. The Bertz CT molecular complexity index is 958. The number of ether oxygens (including phenoxy) is 2. The standard InChI is InChI=1S/C22H29N5O2.HI/c1-17-25-20-10-4-5-11-21(20)27(17)13-12-24-22(23-2)26-18-8-6-9-19(16-18)29-15-7-14-28-3;/h4-6,8-11,16H,7,12-15H2,1-3H3,(H2,23,24,26);1H. The molecule has 0 bridgehead atoms. The number of rotatable bonds is 9. The molecule has 3 aromatic rings. The average molecular weight is 523 g/mol. The van der Waals surface area contributed by atoms with Crippen molar-refractivity contribution in [3.63, 3.8) is 0 Å². The van der Waals surface area contributed by atoms with E-state index in [0.717, 1.165) is 47.8 Å². The Labute approximate surface area is 194 Å². The molecule has 0 aliphatic carbocycles. The molecule has 2 aromatic carbocycles. The number of fused-ring (bicyclic) bond motifs is 1. The van der Waals surface area contributed by atoms with Gasteiger partial charge in [-0.2, -0.15) is 0 Å². The van der Waals surface area contributed by atoms with Crippen LogP contribution in [0, 0.1) is 6.92 Å². The molecule has 30 heavy (non-hydrogen) atoms. The molecule has 0 saturated heterocycles. The second-order valence-corrected chi connectivity index (χ2v) is 6.65. The lowest BCUT2D eigenvalue weighted by Gasteiger charge is -2.14. The summed E-state index contributed by atoms with van der Waals surface area (Å²) in [5.74, 6) is 2.54. The first kappa shape index (κ1) is 23.9. The van der Waals surface area contributed by atoms with Crippen molar-refractivity contribution >= 4 is 46.7 Å². The lowest BCUT2D eigenvalue weighted by atomic mass is 10.3. The molecule has 0 aliphatic rings. The Morgan fingerprint density at radius 2 is 1.97 bits per heavy atom. The van der Waals surface area contributed by atoms with Gasteiger partial charge in [0.15, 0.2) is 5.96 Å². The molecule has 8 heteroatoms. The third-order valence-corrected chi connectivity index (χ3v) is 4.56. The normalized spacial score (nSPS) is 11.2. The Morgan fingerprint density at radius 3 is 2.77 bits per heavy atom. The van der Waals surface area contributed by atoms with Crippen LogP contribution >= 0.6 is 24.0 Å². The van der Waals surface area contributed by atoms with Crippen LogP contribution in [-0.2, 0) is 11.3 Å². The summed E-state index contributed by atoms with van der Waals surface area (Å²) in [7, 11) is 3.46. The lowest BCUT2D eigenvalue weighted by molar-refractivity contribution is 0.172.